The number of hydrogen-bond donors (Lipinski definition) is 1. The van der Waals surface area contributed by atoms with Gasteiger partial charge in [0.15, 0.2) is 0 Å². The van der Waals surface area contributed by atoms with Gasteiger partial charge in [-0.15, -0.1) is 5.10 Å². The Hall–Kier alpha value is -0.480. The van der Waals surface area contributed by atoms with Crippen molar-refractivity contribution in [2.45, 2.75) is 46.1 Å². The Morgan fingerprint density at radius 3 is 2.81 bits per heavy atom. The summed E-state index contributed by atoms with van der Waals surface area (Å²) in [5, 5.41) is 9.56. The number of nitrogens with one attached hydrogen (secondary N) is 1. The molecule has 90 valence electrons. The fourth-order valence-electron chi connectivity index (χ4n) is 2.63. The number of nitrogens with zero attached hydrogens (tertiary/aromatic N) is 2. The summed E-state index contributed by atoms with van der Waals surface area (Å²) in [6, 6.07) is 0. The Bertz CT molecular complexity index is 302. The standard InChI is InChI=1S/C12H21N3S/c1-12(2,10-5-3-4-6-10)9-13-7-11-8-16-15-14-11/h8,10,13H,3-7,9H2,1-2H3. The van der Waals surface area contributed by atoms with Crippen LogP contribution in [-0.2, 0) is 6.54 Å². The van der Waals surface area contributed by atoms with E-state index in [1.54, 1.807) is 0 Å². The normalized spacial score (nSPS) is 18.1. The lowest BCUT2D eigenvalue weighted by molar-refractivity contribution is 0.207. The minimum atomic E-state index is 0.417. The SMILES string of the molecule is CC(C)(CNCc1csnn1)C1CCCC1. The van der Waals surface area contributed by atoms with Gasteiger partial charge in [0.05, 0.1) is 5.69 Å². The molecule has 1 aliphatic carbocycles. The number of aromatic nitrogens is 2. The van der Waals surface area contributed by atoms with E-state index < -0.39 is 0 Å². The molecule has 2 rings (SSSR count). The fourth-order valence-corrected chi connectivity index (χ4v) is 3.08. The highest BCUT2D eigenvalue weighted by Gasteiger charge is 2.31. The highest BCUT2D eigenvalue weighted by molar-refractivity contribution is 7.03. The highest BCUT2D eigenvalue weighted by Crippen LogP contribution is 2.38. The summed E-state index contributed by atoms with van der Waals surface area (Å²) in [6.45, 7) is 6.70. The third-order valence-corrected chi connectivity index (χ3v) is 4.31. The zero-order valence-corrected chi connectivity index (χ0v) is 11.0. The lowest BCUT2D eigenvalue weighted by Gasteiger charge is -2.31. The molecule has 16 heavy (non-hydrogen) atoms. The molecule has 1 saturated carbocycles. The van der Waals surface area contributed by atoms with Gasteiger partial charge in [0.2, 0.25) is 0 Å². The molecule has 0 unspecified atom stereocenters. The van der Waals surface area contributed by atoms with Crippen LogP contribution in [-0.4, -0.2) is 16.1 Å². The molecule has 0 atom stereocenters. The molecule has 3 nitrogen and oxygen atoms in total. The quantitative estimate of drug-likeness (QED) is 0.858. The van der Waals surface area contributed by atoms with Crippen LogP contribution < -0.4 is 5.32 Å². The molecule has 1 aromatic rings. The second kappa shape index (κ2) is 5.23. The molecule has 0 bridgehead atoms. The van der Waals surface area contributed by atoms with Gasteiger partial charge in [0, 0.05) is 18.5 Å². The van der Waals surface area contributed by atoms with Crippen LogP contribution in [0, 0.1) is 11.3 Å². The Labute approximate surface area is 102 Å². The summed E-state index contributed by atoms with van der Waals surface area (Å²) in [7, 11) is 0. The average Bonchev–Trinajstić information content (AvgIpc) is 2.90. The van der Waals surface area contributed by atoms with Gasteiger partial charge in [-0.2, -0.15) is 0 Å². The molecule has 0 spiro atoms. The van der Waals surface area contributed by atoms with E-state index in [2.05, 4.69) is 28.8 Å². The number of rotatable bonds is 5. The van der Waals surface area contributed by atoms with E-state index in [0.717, 1.165) is 24.7 Å². The molecule has 4 heteroatoms. The molecule has 1 N–H and O–H groups in total. The first-order valence-electron chi connectivity index (χ1n) is 6.15. The van der Waals surface area contributed by atoms with Gasteiger partial charge in [-0.3, -0.25) is 0 Å². The van der Waals surface area contributed by atoms with E-state index >= 15 is 0 Å². The van der Waals surface area contributed by atoms with Crippen LogP contribution in [0.3, 0.4) is 0 Å². The molecule has 1 heterocycles. The molecule has 0 saturated heterocycles. The van der Waals surface area contributed by atoms with Crippen LogP contribution in [0.1, 0.15) is 45.2 Å². The van der Waals surface area contributed by atoms with E-state index in [9.17, 15) is 0 Å². The largest absolute Gasteiger partial charge is 0.311 e. The predicted octanol–water partition coefficient (Wildman–Crippen LogP) is 2.84. The van der Waals surface area contributed by atoms with Gasteiger partial charge in [0.25, 0.3) is 0 Å². The van der Waals surface area contributed by atoms with Crippen molar-refractivity contribution in [3.05, 3.63) is 11.1 Å². The zero-order valence-electron chi connectivity index (χ0n) is 10.2. The highest BCUT2D eigenvalue weighted by atomic mass is 32.1. The van der Waals surface area contributed by atoms with Crippen molar-refractivity contribution in [1.82, 2.24) is 14.9 Å². The molecule has 1 fully saturated rings. The Balaban J connectivity index is 1.75. The molecule has 0 aliphatic heterocycles. The summed E-state index contributed by atoms with van der Waals surface area (Å²) in [5.74, 6) is 0.897. The van der Waals surface area contributed by atoms with Crippen molar-refractivity contribution in [3.63, 3.8) is 0 Å². The molecule has 1 aliphatic rings. The predicted molar refractivity (Wildman–Crippen MR) is 67.4 cm³/mol. The van der Waals surface area contributed by atoms with Crippen LogP contribution in [0.5, 0.6) is 0 Å². The topological polar surface area (TPSA) is 37.8 Å². The second-order valence-corrected chi connectivity index (χ2v) is 6.08. The van der Waals surface area contributed by atoms with Crippen LogP contribution >= 0.6 is 11.5 Å². The van der Waals surface area contributed by atoms with E-state index in [1.165, 1.54) is 37.2 Å². The van der Waals surface area contributed by atoms with E-state index in [0.29, 0.717) is 5.41 Å². The zero-order chi connectivity index (χ0) is 11.4. The molecular formula is C12H21N3S. The van der Waals surface area contributed by atoms with E-state index in [1.807, 2.05) is 5.38 Å². The van der Waals surface area contributed by atoms with E-state index in [4.69, 9.17) is 0 Å². The summed E-state index contributed by atoms with van der Waals surface area (Å²) in [4.78, 5) is 0. The van der Waals surface area contributed by atoms with Crippen LogP contribution in [0.25, 0.3) is 0 Å². The average molecular weight is 239 g/mol. The van der Waals surface area contributed by atoms with Crippen molar-refractivity contribution in [1.29, 1.82) is 0 Å². The molecule has 0 amide bonds. The summed E-state index contributed by atoms with van der Waals surface area (Å²) < 4.78 is 3.87. The summed E-state index contributed by atoms with van der Waals surface area (Å²) >= 11 is 1.42. The molecule has 1 aromatic heterocycles. The maximum Gasteiger partial charge on any atom is 0.0893 e. The summed E-state index contributed by atoms with van der Waals surface area (Å²) in [5.41, 5.74) is 1.48. The van der Waals surface area contributed by atoms with E-state index in [-0.39, 0.29) is 0 Å². The lowest BCUT2D eigenvalue weighted by atomic mass is 9.78. The monoisotopic (exact) mass is 239 g/mol. The van der Waals surface area contributed by atoms with Crippen molar-refractivity contribution < 1.29 is 0 Å². The van der Waals surface area contributed by atoms with Crippen molar-refractivity contribution in [3.8, 4) is 0 Å². The van der Waals surface area contributed by atoms with Gasteiger partial charge >= 0.3 is 0 Å². The van der Waals surface area contributed by atoms with Gasteiger partial charge in [-0.1, -0.05) is 31.2 Å². The maximum atomic E-state index is 4.04. The smallest absolute Gasteiger partial charge is 0.0893 e. The lowest BCUT2D eigenvalue weighted by Crippen LogP contribution is -2.34. The molecule has 0 aromatic carbocycles. The van der Waals surface area contributed by atoms with Crippen LogP contribution in [0.2, 0.25) is 0 Å². The Morgan fingerprint density at radius 2 is 2.19 bits per heavy atom. The van der Waals surface area contributed by atoms with Crippen molar-refractivity contribution in [2.75, 3.05) is 6.54 Å². The fraction of sp³-hybridized carbons (Fsp3) is 0.833. The van der Waals surface area contributed by atoms with Crippen LogP contribution in [0.15, 0.2) is 5.38 Å². The first kappa shape index (κ1) is 12.0. The molecule has 0 radical (unpaired) electrons. The Kier molecular flexibility index (Phi) is 3.92. The first-order chi connectivity index (χ1) is 7.68. The van der Waals surface area contributed by atoms with Crippen molar-refractivity contribution >= 4 is 11.5 Å². The third kappa shape index (κ3) is 3.01. The Morgan fingerprint density at radius 1 is 1.44 bits per heavy atom. The van der Waals surface area contributed by atoms with Crippen LogP contribution in [0.4, 0.5) is 0 Å². The maximum absolute atomic E-state index is 4.04. The second-order valence-electron chi connectivity index (χ2n) is 5.47. The van der Waals surface area contributed by atoms with Gasteiger partial charge in [0.1, 0.15) is 0 Å². The molecular weight excluding hydrogens is 218 g/mol. The summed E-state index contributed by atoms with van der Waals surface area (Å²) in [6.07, 6.45) is 5.66. The third-order valence-electron chi connectivity index (χ3n) is 3.75. The minimum absolute atomic E-state index is 0.417. The van der Waals surface area contributed by atoms with Gasteiger partial charge in [-0.05, 0) is 35.7 Å². The van der Waals surface area contributed by atoms with Crippen molar-refractivity contribution in [2.24, 2.45) is 11.3 Å². The van der Waals surface area contributed by atoms with Gasteiger partial charge in [-0.25, -0.2) is 0 Å². The minimum Gasteiger partial charge on any atom is -0.311 e. The van der Waals surface area contributed by atoms with Gasteiger partial charge < -0.3 is 5.32 Å². The first-order valence-corrected chi connectivity index (χ1v) is 6.99. The number of hydrogen-bond acceptors (Lipinski definition) is 4.